The molecule has 0 radical (unpaired) electrons. The summed E-state index contributed by atoms with van der Waals surface area (Å²) in [7, 11) is 1.87. The minimum atomic E-state index is -0.564. The van der Waals surface area contributed by atoms with Crippen LogP contribution in [-0.2, 0) is 7.05 Å². The molecule has 1 unspecified atom stereocenters. The number of rotatable bonds is 3. The first kappa shape index (κ1) is 17.0. The molecule has 1 aliphatic rings. The molecule has 1 atom stereocenters. The van der Waals surface area contributed by atoms with Gasteiger partial charge in [0.1, 0.15) is 5.82 Å². The SMILES string of the molecule is Cn1ncc2cc(-c3ccc(C(=O)NC4CCN(C#N)C4)c(F)c3)ccc21. The summed E-state index contributed by atoms with van der Waals surface area (Å²) in [6.07, 6.45) is 4.51. The molecule has 0 aliphatic carbocycles. The molecule has 1 fully saturated rings. The van der Waals surface area contributed by atoms with Gasteiger partial charge in [-0.3, -0.25) is 9.48 Å². The number of halogens is 1. The molecule has 4 rings (SSSR count). The zero-order chi connectivity index (χ0) is 19.0. The summed E-state index contributed by atoms with van der Waals surface area (Å²) < 4.78 is 16.4. The van der Waals surface area contributed by atoms with Gasteiger partial charge in [0.25, 0.3) is 5.91 Å². The van der Waals surface area contributed by atoms with Crippen LogP contribution >= 0.6 is 0 Å². The molecule has 1 saturated heterocycles. The van der Waals surface area contributed by atoms with Gasteiger partial charge in [0.2, 0.25) is 0 Å². The lowest BCUT2D eigenvalue weighted by Crippen LogP contribution is -2.36. The van der Waals surface area contributed by atoms with Crippen molar-refractivity contribution in [1.82, 2.24) is 20.0 Å². The van der Waals surface area contributed by atoms with Crippen LogP contribution in [0.15, 0.2) is 42.6 Å². The second-order valence-corrected chi connectivity index (χ2v) is 6.74. The lowest BCUT2D eigenvalue weighted by Gasteiger charge is -2.13. The van der Waals surface area contributed by atoms with Crippen LogP contribution in [0.25, 0.3) is 22.0 Å². The van der Waals surface area contributed by atoms with Gasteiger partial charge in [-0.1, -0.05) is 12.1 Å². The molecule has 1 aromatic heterocycles. The molecule has 1 N–H and O–H groups in total. The first-order valence-corrected chi connectivity index (χ1v) is 8.72. The van der Waals surface area contributed by atoms with Crippen molar-refractivity contribution in [3.63, 3.8) is 0 Å². The van der Waals surface area contributed by atoms with Crippen LogP contribution in [-0.4, -0.2) is 39.7 Å². The zero-order valence-corrected chi connectivity index (χ0v) is 14.8. The molecule has 0 saturated carbocycles. The Kier molecular flexibility index (Phi) is 4.24. The van der Waals surface area contributed by atoms with Crippen molar-refractivity contribution in [3.05, 3.63) is 54.0 Å². The number of amides is 1. The number of nitrogens with zero attached hydrogens (tertiary/aromatic N) is 4. The molecular weight excluding hydrogens is 345 g/mol. The summed E-state index contributed by atoms with van der Waals surface area (Å²) in [5.74, 6) is -1.02. The van der Waals surface area contributed by atoms with E-state index in [-0.39, 0.29) is 11.6 Å². The highest BCUT2D eigenvalue weighted by Crippen LogP contribution is 2.26. The molecule has 0 spiro atoms. The van der Waals surface area contributed by atoms with Gasteiger partial charge in [0.15, 0.2) is 6.19 Å². The second-order valence-electron chi connectivity index (χ2n) is 6.74. The van der Waals surface area contributed by atoms with E-state index in [4.69, 9.17) is 5.26 Å². The van der Waals surface area contributed by atoms with Crippen molar-refractivity contribution < 1.29 is 9.18 Å². The molecule has 2 aromatic carbocycles. The topological polar surface area (TPSA) is 74.0 Å². The number of hydrogen-bond donors (Lipinski definition) is 1. The predicted molar refractivity (Wildman–Crippen MR) is 99.2 cm³/mol. The summed E-state index contributed by atoms with van der Waals surface area (Å²) in [6.45, 7) is 1.08. The second kappa shape index (κ2) is 6.72. The van der Waals surface area contributed by atoms with Crippen LogP contribution in [0, 0.1) is 17.3 Å². The standard InChI is InChI=1S/C20H18FN5O/c1-25-19-5-3-13(8-15(19)10-23-25)14-2-4-17(18(21)9-14)20(27)24-16-6-7-26(11-16)12-22/h2-5,8-10,16H,6-7,11H2,1H3,(H,24,27). The average Bonchev–Trinajstić information content (AvgIpc) is 3.27. The van der Waals surface area contributed by atoms with Gasteiger partial charge in [-0.05, 0) is 41.8 Å². The molecule has 3 aromatic rings. The van der Waals surface area contributed by atoms with Gasteiger partial charge in [0, 0.05) is 31.6 Å². The number of fused-ring (bicyclic) bond motifs is 1. The number of hydrogen-bond acceptors (Lipinski definition) is 4. The summed E-state index contributed by atoms with van der Waals surface area (Å²) >= 11 is 0. The third kappa shape index (κ3) is 3.22. The van der Waals surface area contributed by atoms with E-state index in [1.807, 2.05) is 25.2 Å². The highest BCUT2D eigenvalue weighted by molar-refractivity contribution is 5.95. The largest absolute Gasteiger partial charge is 0.347 e. The van der Waals surface area contributed by atoms with Crippen LogP contribution in [0.2, 0.25) is 0 Å². The Morgan fingerprint density at radius 2 is 2.07 bits per heavy atom. The van der Waals surface area contributed by atoms with Gasteiger partial charge in [-0.25, -0.2) is 4.39 Å². The minimum Gasteiger partial charge on any atom is -0.347 e. The van der Waals surface area contributed by atoms with E-state index in [9.17, 15) is 9.18 Å². The van der Waals surface area contributed by atoms with E-state index >= 15 is 0 Å². The maximum atomic E-state index is 14.6. The molecule has 2 heterocycles. The number of likely N-dealkylation sites (tertiary alicyclic amines) is 1. The van der Waals surface area contributed by atoms with Gasteiger partial charge in [-0.15, -0.1) is 0 Å². The van der Waals surface area contributed by atoms with Gasteiger partial charge in [0.05, 0.1) is 17.3 Å². The number of nitrogens with one attached hydrogen (secondary N) is 1. The predicted octanol–water partition coefficient (Wildman–Crippen LogP) is 2.66. The molecule has 1 amide bonds. The monoisotopic (exact) mass is 363 g/mol. The van der Waals surface area contributed by atoms with Crippen molar-refractivity contribution in [3.8, 4) is 17.3 Å². The minimum absolute atomic E-state index is 0.0108. The fraction of sp³-hybridized carbons (Fsp3) is 0.250. The number of aryl methyl sites for hydroxylation is 1. The fourth-order valence-electron chi connectivity index (χ4n) is 3.45. The number of benzene rings is 2. The highest BCUT2D eigenvalue weighted by Gasteiger charge is 2.24. The van der Waals surface area contributed by atoms with Crippen LogP contribution in [0.1, 0.15) is 16.8 Å². The van der Waals surface area contributed by atoms with Gasteiger partial charge < -0.3 is 10.2 Å². The number of aromatic nitrogens is 2. The lowest BCUT2D eigenvalue weighted by molar-refractivity contribution is 0.0935. The molecule has 27 heavy (non-hydrogen) atoms. The molecule has 0 bridgehead atoms. The quantitative estimate of drug-likeness (QED) is 0.726. The summed E-state index contributed by atoms with van der Waals surface area (Å²) in [6, 6.07) is 10.3. The third-order valence-corrected chi connectivity index (χ3v) is 4.96. The average molecular weight is 363 g/mol. The van der Waals surface area contributed by atoms with E-state index in [0.29, 0.717) is 25.1 Å². The Bertz CT molecular complexity index is 1070. The molecule has 136 valence electrons. The highest BCUT2D eigenvalue weighted by atomic mass is 19.1. The molecule has 6 nitrogen and oxygen atoms in total. The smallest absolute Gasteiger partial charge is 0.254 e. The Morgan fingerprint density at radius 1 is 1.30 bits per heavy atom. The molecule has 7 heteroatoms. The van der Waals surface area contributed by atoms with Crippen LogP contribution in [0.3, 0.4) is 0 Å². The van der Waals surface area contributed by atoms with Crippen LogP contribution < -0.4 is 5.32 Å². The number of carbonyl (C=O) groups is 1. The summed E-state index contributed by atoms with van der Waals surface area (Å²) in [5, 5.41) is 16.9. The normalized spacial score (nSPS) is 16.5. The van der Waals surface area contributed by atoms with E-state index in [1.165, 1.54) is 12.1 Å². The van der Waals surface area contributed by atoms with Crippen molar-refractivity contribution in [2.75, 3.05) is 13.1 Å². The lowest BCUT2D eigenvalue weighted by atomic mass is 10.0. The van der Waals surface area contributed by atoms with Gasteiger partial charge in [-0.2, -0.15) is 10.4 Å². The van der Waals surface area contributed by atoms with Crippen molar-refractivity contribution in [2.24, 2.45) is 7.05 Å². The van der Waals surface area contributed by atoms with Crippen molar-refractivity contribution in [2.45, 2.75) is 12.5 Å². The summed E-state index contributed by atoms with van der Waals surface area (Å²) in [4.78, 5) is 14.0. The number of carbonyl (C=O) groups excluding carboxylic acids is 1. The Labute approximate surface area is 155 Å². The van der Waals surface area contributed by atoms with Gasteiger partial charge >= 0.3 is 0 Å². The fourth-order valence-corrected chi connectivity index (χ4v) is 3.45. The molecule has 1 aliphatic heterocycles. The number of nitriles is 1. The van der Waals surface area contributed by atoms with E-state index < -0.39 is 11.7 Å². The summed E-state index contributed by atoms with van der Waals surface area (Å²) in [5.41, 5.74) is 2.57. The first-order chi connectivity index (χ1) is 13.0. The van der Waals surface area contributed by atoms with Crippen molar-refractivity contribution in [1.29, 1.82) is 5.26 Å². The van der Waals surface area contributed by atoms with E-state index in [2.05, 4.69) is 16.6 Å². The Hall–Kier alpha value is -3.40. The first-order valence-electron chi connectivity index (χ1n) is 8.72. The Morgan fingerprint density at radius 3 is 2.81 bits per heavy atom. The Balaban J connectivity index is 1.54. The zero-order valence-electron chi connectivity index (χ0n) is 14.8. The van der Waals surface area contributed by atoms with E-state index in [1.54, 1.807) is 21.8 Å². The van der Waals surface area contributed by atoms with Crippen LogP contribution in [0.4, 0.5) is 4.39 Å². The third-order valence-electron chi connectivity index (χ3n) is 4.96. The molecular formula is C20H18FN5O. The maximum Gasteiger partial charge on any atom is 0.254 e. The van der Waals surface area contributed by atoms with Crippen molar-refractivity contribution >= 4 is 16.8 Å². The maximum absolute atomic E-state index is 14.6. The van der Waals surface area contributed by atoms with Crippen LogP contribution in [0.5, 0.6) is 0 Å². The van der Waals surface area contributed by atoms with E-state index in [0.717, 1.165) is 16.5 Å².